The number of halogens is 1. The van der Waals surface area contributed by atoms with Gasteiger partial charge in [0.1, 0.15) is 10.7 Å². The van der Waals surface area contributed by atoms with Gasteiger partial charge in [0.05, 0.1) is 5.69 Å². The molecule has 0 fully saturated rings. The average molecular weight is 329 g/mol. The lowest BCUT2D eigenvalue weighted by atomic mass is 10.2. The fourth-order valence-corrected chi connectivity index (χ4v) is 4.25. The van der Waals surface area contributed by atoms with Crippen LogP contribution >= 0.6 is 11.3 Å². The molecular weight excluding hydrogens is 313 g/mol. The first-order valence-corrected chi connectivity index (χ1v) is 8.59. The monoisotopic (exact) mass is 329 g/mol. The zero-order chi connectivity index (χ0) is 15.8. The van der Waals surface area contributed by atoms with Crippen molar-refractivity contribution in [2.24, 2.45) is 0 Å². The molecule has 2 rings (SSSR count). The van der Waals surface area contributed by atoms with Gasteiger partial charge in [-0.05, 0) is 38.0 Å². The van der Waals surface area contributed by atoms with E-state index in [-0.39, 0.29) is 16.4 Å². The first-order chi connectivity index (χ1) is 9.74. The van der Waals surface area contributed by atoms with E-state index in [2.05, 4.69) is 9.71 Å². The van der Waals surface area contributed by atoms with Crippen molar-refractivity contribution in [3.8, 4) is 0 Å². The summed E-state index contributed by atoms with van der Waals surface area (Å²) in [7, 11) is -4.06. The molecule has 0 amide bonds. The maximum Gasteiger partial charge on any atom is 0.266 e. The van der Waals surface area contributed by atoms with Gasteiger partial charge in [0.15, 0.2) is 5.13 Å². The summed E-state index contributed by atoms with van der Waals surface area (Å²) in [5, 5.41) is 0.226. The van der Waals surface area contributed by atoms with Crippen LogP contribution in [0.4, 0.5) is 15.2 Å². The van der Waals surface area contributed by atoms with Crippen LogP contribution in [0.25, 0.3) is 0 Å². The van der Waals surface area contributed by atoms with Crippen LogP contribution < -0.4 is 10.5 Å². The Labute approximate surface area is 127 Å². The largest absolute Gasteiger partial charge is 0.399 e. The molecule has 3 N–H and O–H groups in total. The molecule has 1 aromatic carbocycles. The van der Waals surface area contributed by atoms with Gasteiger partial charge in [-0.25, -0.2) is 17.8 Å². The first-order valence-electron chi connectivity index (χ1n) is 6.29. The summed E-state index contributed by atoms with van der Waals surface area (Å²) in [6, 6.07) is 2.49. The van der Waals surface area contributed by atoms with E-state index < -0.39 is 20.7 Å². The number of hydrogen-bond donors (Lipinski definition) is 2. The van der Waals surface area contributed by atoms with Crippen molar-refractivity contribution in [2.45, 2.75) is 32.1 Å². The minimum absolute atomic E-state index is 0.181. The van der Waals surface area contributed by atoms with Gasteiger partial charge in [0, 0.05) is 10.6 Å². The highest BCUT2D eigenvalue weighted by molar-refractivity contribution is 7.93. The SMILES string of the molecule is CCc1nc(NS(=O)(=O)c2cc(N)cc(C)c2F)sc1C. The molecule has 0 radical (unpaired) electrons. The second-order valence-corrected chi connectivity index (χ2v) is 7.48. The lowest BCUT2D eigenvalue weighted by Gasteiger charge is -2.09. The van der Waals surface area contributed by atoms with Gasteiger partial charge in [-0.15, -0.1) is 11.3 Å². The number of nitrogen functional groups attached to an aromatic ring is 1. The highest BCUT2D eigenvalue weighted by atomic mass is 32.2. The lowest BCUT2D eigenvalue weighted by molar-refractivity contribution is 0.565. The van der Waals surface area contributed by atoms with Gasteiger partial charge < -0.3 is 5.73 Å². The molecule has 21 heavy (non-hydrogen) atoms. The van der Waals surface area contributed by atoms with E-state index in [1.165, 1.54) is 24.3 Å². The van der Waals surface area contributed by atoms with E-state index in [9.17, 15) is 12.8 Å². The van der Waals surface area contributed by atoms with Crippen LogP contribution in [0.3, 0.4) is 0 Å². The molecule has 0 aliphatic heterocycles. The number of sulfonamides is 1. The minimum atomic E-state index is -4.06. The van der Waals surface area contributed by atoms with E-state index in [1.807, 2.05) is 13.8 Å². The summed E-state index contributed by atoms with van der Waals surface area (Å²) in [6.45, 7) is 5.26. The molecular formula is C13H16FN3O2S2. The van der Waals surface area contributed by atoms with Crippen molar-refractivity contribution >= 4 is 32.2 Å². The van der Waals surface area contributed by atoms with Gasteiger partial charge in [0.25, 0.3) is 10.0 Å². The van der Waals surface area contributed by atoms with Crippen LogP contribution in [0, 0.1) is 19.7 Å². The molecule has 0 saturated heterocycles. The Bertz CT molecular complexity index is 785. The average Bonchev–Trinajstić information content (AvgIpc) is 2.72. The number of anilines is 2. The number of rotatable bonds is 4. The topological polar surface area (TPSA) is 85.1 Å². The van der Waals surface area contributed by atoms with Gasteiger partial charge in [-0.1, -0.05) is 6.92 Å². The Kier molecular flexibility index (Phi) is 4.20. The van der Waals surface area contributed by atoms with Crippen LogP contribution in [0.2, 0.25) is 0 Å². The smallest absolute Gasteiger partial charge is 0.266 e. The summed E-state index contributed by atoms with van der Waals surface area (Å²) in [4.78, 5) is 4.65. The highest BCUT2D eigenvalue weighted by Crippen LogP contribution is 2.27. The van der Waals surface area contributed by atoms with Crippen molar-refractivity contribution in [1.29, 1.82) is 0 Å². The van der Waals surface area contributed by atoms with Crippen LogP contribution in [-0.2, 0) is 16.4 Å². The van der Waals surface area contributed by atoms with E-state index in [0.717, 1.165) is 16.6 Å². The van der Waals surface area contributed by atoms with E-state index >= 15 is 0 Å². The zero-order valence-corrected chi connectivity index (χ0v) is 13.5. The third-order valence-corrected chi connectivity index (χ3v) is 5.38. The third-order valence-electron chi connectivity index (χ3n) is 2.98. The van der Waals surface area contributed by atoms with Gasteiger partial charge in [0.2, 0.25) is 0 Å². The molecule has 0 aliphatic carbocycles. The normalized spacial score (nSPS) is 11.6. The van der Waals surface area contributed by atoms with Crippen LogP contribution in [0.5, 0.6) is 0 Å². The molecule has 2 aromatic rings. The van der Waals surface area contributed by atoms with E-state index in [1.54, 1.807) is 0 Å². The summed E-state index contributed by atoms with van der Waals surface area (Å²) in [5.74, 6) is -0.805. The van der Waals surface area contributed by atoms with Crippen molar-refractivity contribution in [3.63, 3.8) is 0 Å². The Morgan fingerprint density at radius 2 is 2.05 bits per heavy atom. The van der Waals surface area contributed by atoms with E-state index in [0.29, 0.717) is 6.42 Å². The minimum Gasteiger partial charge on any atom is -0.399 e. The lowest BCUT2D eigenvalue weighted by Crippen LogP contribution is -2.15. The molecule has 0 unspecified atom stereocenters. The van der Waals surface area contributed by atoms with Gasteiger partial charge in [-0.2, -0.15) is 0 Å². The number of aryl methyl sites for hydroxylation is 3. The quantitative estimate of drug-likeness (QED) is 0.845. The van der Waals surface area contributed by atoms with Gasteiger partial charge in [-0.3, -0.25) is 4.72 Å². The number of hydrogen-bond acceptors (Lipinski definition) is 5. The maximum atomic E-state index is 14.0. The second-order valence-electron chi connectivity index (χ2n) is 4.63. The number of aromatic nitrogens is 1. The fraction of sp³-hybridized carbons (Fsp3) is 0.308. The summed E-state index contributed by atoms with van der Waals surface area (Å²) in [5.41, 5.74) is 6.79. The number of nitrogens with two attached hydrogens (primary N) is 1. The Morgan fingerprint density at radius 1 is 1.38 bits per heavy atom. The van der Waals surface area contributed by atoms with Crippen molar-refractivity contribution in [3.05, 3.63) is 34.1 Å². The molecule has 1 heterocycles. The number of nitrogens with one attached hydrogen (secondary N) is 1. The Hall–Kier alpha value is -1.67. The summed E-state index contributed by atoms with van der Waals surface area (Å²) < 4.78 is 40.9. The Morgan fingerprint density at radius 3 is 2.62 bits per heavy atom. The first kappa shape index (κ1) is 15.7. The predicted molar refractivity (Wildman–Crippen MR) is 82.6 cm³/mol. The number of nitrogens with zero attached hydrogens (tertiary/aromatic N) is 1. The summed E-state index contributed by atoms with van der Waals surface area (Å²) in [6.07, 6.45) is 0.704. The highest BCUT2D eigenvalue weighted by Gasteiger charge is 2.23. The van der Waals surface area contributed by atoms with Crippen molar-refractivity contribution in [2.75, 3.05) is 10.5 Å². The second kappa shape index (κ2) is 5.61. The maximum absolute atomic E-state index is 14.0. The molecule has 8 heteroatoms. The zero-order valence-electron chi connectivity index (χ0n) is 11.9. The predicted octanol–water partition coefficient (Wildman–Crippen LogP) is 2.84. The molecule has 1 aromatic heterocycles. The number of thiazole rings is 1. The van der Waals surface area contributed by atoms with E-state index in [4.69, 9.17) is 5.73 Å². The molecule has 5 nitrogen and oxygen atoms in total. The van der Waals surface area contributed by atoms with Crippen molar-refractivity contribution in [1.82, 2.24) is 4.98 Å². The Balaban J connectivity index is 2.43. The standard InChI is InChI=1S/C13H16FN3O2S2/c1-4-10-8(3)20-13(16-10)17-21(18,19)11-6-9(15)5-7(2)12(11)14/h5-6H,4,15H2,1-3H3,(H,16,17). The van der Waals surface area contributed by atoms with Crippen molar-refractivity contribution < 1.29 is 12.8 Å². The van der Waals surface area contributed by atoms with Crippen LogP contribution in [0.1, 0.15) is 23.1 Å². The fourth-order valence-electron chi connectivity index (χ4n) is 1.93. The summed E-state index contributed by atoms with van der Waals surface area (Å²) >= 11 is 1.22. The number of benzene rings is 1. The molecule has 0 spiro atoms. The molecule has 0 bridgehead atoms. The molecule has 0 saturated carbocycles. The molecule has 0 atom stereocenters. The van der Waals surface area contributed by atoms with Crippen LogP contribution in [-0.4, -0.2) is 13.4 Å². The third kappa shape index (κ3) is 3.16. The van der Waals surface area contributed by atoms with Crippen LogP contribution in [0.15, 0.2) is 17.0 Å². The molecule has 114 valence electrons. The van der Waals surface area contributed by atoms with Gasteiger partial charge >= 0.3 is 0 Å². The molecule has 0 aliphatic rings.